The van der Waals surface area contributed by atoms with Crippen LogP contribution in [0.15, 0.2) is 87.1 Å². The topological polar surface area (TPSA) is 96.0 Å². The number of thioether (sulfide) groups is 1. The summed E-state index contributed by atoms with van der Waals surface area (Å²) in [5.41, 5.74) is 1.14. The highest BCUT2D eigenvalue weighted by Gasteiger charge is 2.33. The molecular weight excluding hydrogens is 650 g/mol. The Hall–Kier alpha value is -3.02. The van der Waals surface area contributed by atoms with Crippen molar-refractivity contribution < 1.29 is 22.7 Å². The summed E-state index contributed by atoms with van der Waals surface area (Å²) in [5, 5.41) is 3.09. The molecule has 0 aliphatic heterocycles. The fourth-order valence-electron chi connectivity index (χ4n) is 5.04. The first-order valence-electron chi connectivity index (χ1n) is 14.4. The SMILES string of the molecule is CCOc1ccc(N(CC(=O)N(Cc2ccc(Br)cc2)[C@@H](C)C(=O)NC2CCCC2)S(=O)(=O)c2ccc(SC)cc2)cc1. The van der Waals surface area contributed by atoms with Crippen LogP contribution in [0, 0.1) is 0 Å². The molecule has 43 heavy (non-hydrogen) atoms. The number of ether oxygens (including phenoxy) is 1. The van der Waals surface area contributed by atoms with Gasteiger partial charge in [-0.2, -0.15) is 0 Å². The van der Waals surface area contributed by atoms with E-state index in [0.29, 0.717) is 18.0 Å². The Labute approximate surface area is 267 Å². The molecule has 3 aromatic carbocycles. The molecule has 0 spiro atoms. The number of benzene rings is 3. The fraction of sp³-hybridized carbons (Fsp3) is 0.375. The molecule has 0 bridgehead atoms. The van der Waals surface area contributed by atoms with Crippen molar-refractivity contribution in [2.75, 3.05) is 23.7 Å². The average molecular weight is 689 g/mol. The van der Waals surface area contributed by atoms with Crippen LogP contribution in [0.1, 0.15) is 45.1 Å². The zero-order chi connectivity index (χ0) is 31.0. The molecular formula is C32H38BrN3O5S2. The summed E-state index contributed by atoms with van der Waals surface area (Å²) in [5.74, 6) is -0.149. The zero-order valence-electron chi connectivity index (χ0n) is 24.7. The molecule has 0 radical (unpaired) electrons. The molecule has 1 atom stereocenters. The number of nitrogens with one attached hydrogen (secondary N) is 1. The molecule has 1 aliphatic rings. The maximum Gasteiger partial charge on any atom is 0.264 e. The van der Waals surface area contributed by atoms with Gasteiger partial charge in [0.2, 0.25) is 11.8 Å². The van der Waals surface area contributed by atoms with Gasteiger partial charge in [0.15, 0.2) is 0 Å². The third-order valence-corrected chi connectivity index (χ3v) is 10.6. The second-order valence-corrected chi connectivity index (χ2v) is 14.1. The van der Waals surface area contributed by atoms with Gasteiger partial charge in [0.1, 0.15) is 18.3 Å². The van der Waals surface area contributed by atoms with Gasteiger partial charge >= 0.3 is 0 Å². The molecule has 1 saturated carbocycles. The summed E-state index contributed by atoms with van der Waals surface area (Å²) < 4.78 is 35.7. The van der Waals surface area contributed by atoms with Gasteiger partial charge in [-0.25, -0.2) is 8.42 Å². The predicted molar refractivity (Wildman–Crippen MR) is 175 cm³/mol. The molecule has 4 rings (SSSR count). The van der Waals surface area contributed by atoms with Crippen molar-refractivity contribution in [3.05, 3.63) is 82.8 Å². The van der Waals surface area contributed by atoms with Gasteiger partial charge in [-0.05, 0) is 99.2 Å². The van der Waals surface area contributed by atoms with Crippen LogP contribution >= 0.6 is 27.7 Å². The summed E-state index contributed by atoms with van der Waals surface area (Å²) in [6.45, 7) is 3.68. The van der Waals surface area contributed by atoms with E-state index in [4.69, 9.17) is 4.74 Å². The van der Waals surface area contributed by atoms with E-state index in [1.807, 2.05) is 37.4 Å². The fourth-order valence-corrected chi connectivity index (χ4v) is 7.13. The molecule has 1 aliphatic carbocycles. The number of hydrogen-bond acceptors (Lipinski definition) is 6. The summed E-state index contributed by atoms with van der Waals surface area (Å²) in [7, 11) is -4.15. The second kappa shape index (κ2) is 15.1. The van der Waals surface area contributed by atoms with Gasteiger partial charge in [0.25, 0.3) is 10.0 Å². The molecule has 1 N–H and O–H groups in total. The molecule has 11 heteroatoms. The number of halogens is 1. The minimum atomic E-state index is -4.15. The van der Waals surface area contributed by atoms with Crippen LogP contribution in [-0.2, 0) is 26.2 Å². The Kier molecular flexibility index (Phi) is 11.6. The third-order valence-electron chi connectivity index (χ3n) is 7.50. The Morgan fingerprint density at radius 2 is 1.63 bits per heavy atom. The lowest BCUT2D eigenvalue weighted by molar-refractivity contribution is -0.139. The van der Waals surface area contributed by atoms with Gasteiger partial charge in [-0.1, -0.05) is 40.9 Å². The number of carbonyl (C=O) groups excluding carboxylic acids is 2. The number of hydrogen-bond donors (Lipinski definition) is 1. The molecule has 0 saturated heterocycles. The Balaban J connectivity index is 1.68. The highest BCUT2D eigenvalue weighted by Crippen LogP contribution is 2.28. The summed E-state index contributed by atoms with van der Waals surface area (Å²) in [4.78, 5) is 29.9. The first kappa shape index (κ1) is 32.9. The normalized spacial score (nSPS) is 14.2. The van der Waals surface area contributed by atoms with E-state index in [2.05, 4.69) is 21.2 Å². The van der Waals surface area contributed by atoms with Crippen molar-refractivity contribution >= 4 is 55.2 Å². The largest absolute Gasteiger partial charge is 0.494 e. The Morgan fingerprint density at radius 3 is 2.21 bits per heavy atom. The van der Waals surface area contributed by atoms with Crippen LogP contribution in [0.4, 0.5) is 5.69 Å². The quantitative estimate of drug-likeness (QED) is 0.214. The van der Waals surface area contributed by atoms with Gasteiger partial charge in [-0.15, -0.1) is 11.8 Å². The highest BCUT2D eigenvalue weighted by molar-refractivity contribution is 9.10. The van der Waals surface area contributed by atoms with Crippen LogP contribution in [0.25, 0.3) is 0 Å². The molecule has 2 amide bonds. The molecule has 230 valence electrons. The maximum atomic E-state index is 14.1. The number of amides is 2. The van der Waals surface area contributed by atoms with Crippen molar-refractivity contribution in [2.45, 2.75) is 68.0 Å². The summed E-state index contributed by atoms with van der Waals surface area (Å²) in [6.07, 6.45) is 5.87. The van der Waals surface area contributed by atoms with Crippen LogP contribution in [0.3, 0.4) is 0 Å². The molecule has 8 nitrogen and oxygen atoms in total. The Bertz CT molecular complexity index is 1480. The Morgan fingerprint density at radius 1 is 1.00 bits per heavy atom. The molecule has 0 heterocycles. The molecule has 0 unspecified atom stereocenters. The number of carbonyl (C=O) groups is 2. The minimum Gasteiger partial charge on any atom is -0.494 e. The summed E-state index contributed by atoms with van der Waals surface area (Å²) >= 11 is 4.95. The molecule has 1 fully saturated rings. The smallest absolute Gasteiger partial charge is 0.264 e. The standard InChI is InChI=1S/C32H38BrN3O5S2/c1-4-41-28-15-13-27(14-16-28)36(43(39,40)30-19-17-29(42-3)18-20-30)22-31(37)35(21-24-9-11-25(33)12-10-24)23(2)32(38)34-26-7-5-6-8-26/h9-20,23,26H,4-8,21-22H2,1-3H3,(H,34,38)/t23-/m0/s1. The average Bonchev–Trinajstić information content (AvgIpc) is 3.53. The van der Waals surface area contributed by atoms with E-state index < -0.39 is 28.5 Å². The van der Waals surface area contributed by atoms with Crippen molar-refractivity contribution in [2.24, 2.45) is 0 Å². The van der Waals surface area contributed by atoms with E-state index in [0.717, 1.165) is 44.9 Å². The van der Waals surface area contributed by atoms with Crippen LogP contribution in [0.5, 0.6) is 5.75 Å². The monoisotopic (exact) mass is 687 g/mol. The first-order valence-corrected chi connectivity index (χ1v) is 17.8. The molecule has 3 aromatic rings. The van der Waals surface area contributed by atoms with Gasteiger partial charge in [0, 0.05) is 22.0 Å². The lowest BCUT2D eigenvalue weighted by Crippen LogP contribution is -2.52. The lowest BCUT2D eigenvalue weighted by Gasteiger charge is -2.32. The second-order valence-electron chi connectivity index (χ2n) is 10.4. The van der Waals surface area contributed by atoms with Crippen molar-refractivity contribution in [1.29, 1.82) is 0 Å². The lowest BCUT2D eigenvalue weighted by atomic mass is 10.1. The van der Waals surface area contributed by atoms with E-state index in [1.165, 1.54) is 16.7 Å². The van der Waals surface area contributed by atoms with Crippen LogP contribution < -0.4 is 14.4 Å². The van der Waals surface area contributed by atoms with Crippen LogP contribution in [-0.4, -0.2) is 56.6 Å². The van der Waals surface area contributed by atoms with Gasteiger partial charge in [0.05, 0.1) is 17.2 Å². The number of sulfonamides is 1. The number of rotatable bonds is 13. The number of anilines is 1. The van der Waals surface area contributed by atoms with Crippen molar-refractivity contribution in [3.63, 3.8) is 0 Å². The first-order chi connectivity index (χ1) is 20.6. The van der Waals surface area contributed by atoms with Gasteiger partial charge in [-0.3, -0.25) is 13.9 Å². The van der Waals surface area contributed by atoms with E-state index in [9.17, 15) is 18.0 Å². The zero-order valence-corrected chi connectivity index (χ0v) is 27.9. The molecule has 0 aromatic heterocycles. The van der Waals surface area contributed by atoms with Gasteiger partial charge < -0.3 is 15.0 Å². The van der Waals surface area contributed by atoms with E-state index in [1.54, 1.807) is 55.5 Å². The summed E-state index contributed by atoms with van der Waals surface area (Å²) in [6, 6.07) is 20.0. The predicted octanol–water partition coefficient (Wildman–Crippen LogP) is 6.24. The maximum absolute atomic E-state index is 14.1. The number of nitrogens with zero attached hydrogens (tertiary/aromatic N) is 2. The van der Waals surface area contributed by atoms with Crippen molar-refractivity contribution in [1.82, 2.24) is 10.2 Å². The van der Waals surface area contributed by atoms with E-state index >= 15 is 0 Å². The van der Waals surface area contributed by atoms with E-state index in [-0.39, 0.29) is 23.4 Å². The van der Waals surface area contributed by atoms with Crippen LogP contribution in [0.2, 0.25) is 0 Å². The highest BCUT2D eigenvalue weighted by atomic mass is 79.9. The third kappa shape index (κ3) is 8.55. The van der Waals surface area contributed by atoms with Crippen molar-refractivity contribution in [3.8, 4) is 5.75 Å². The minimum absolute atomic E-state index is 0.0680.